The Labute approximate surface area is 112 Å². The molecule has 0 fully saturated rings. The molecule has 1 aromatic heterocycles. The Morgan fingerprint density at radius 2 is 2.11 bits per heavy atom. The summed E-state index contributed by atoms with van der Waals surface area (Å²) < 4.78 is 0. The van der Waals surface area contributed by atoms with Crippen LogP contribution in [0.1, 0.15) is 37.7 Å². The van der Waals surface area contributed by atoms with Crippen LogP contribution < -0.4 is 10.9 Å². The minimum absolute atomic E-state index is 0.0359. The SMILES string of the molecule is CC(C)(C)C(CCCl)NC(=O)c1cccc(=O)[nH]1. The molecule has 100 valence electrons. The van der Waals surface area contributed by atoms with Gasteiger partial charge in [-0.05, 0) is 17.9 Å². The van der Waals surface area contributed by atoms with Gasteiger partial charge in [0.05, 0.1) is 0 Å². The quantitative estimate of drug-likeness (QED) is 0.824. The smallest absolute Gasteiger partial charge is 0.268 e. The monoisotopic (exact) mass is 270 g/mol. The number of carbonyl (C=O) groups is 1. The third-order valence-corrected chi connectivity index (χ3v) is 2.98. The summed E-state index contributed by atoms with van der Waals surface area (Å²) in [5.74, 6) is 0.200. The molecule has 1 unspecified atom stereocenters. The summed E-state index contributed by atoms with van der Waals surface area (Å²) in [6.07, 6.45) is 0.688. The van der Waals surface area contributed by atoms with Crippen molar-refractivity contribution in [3.8, 4) is 0 Å². The highest BCUT2D eigenvalue weighted by molar-refractivity contribution is 6.17. The van der Waals surface area contributed by atoms with Gasteiger partial charge in [-0.3, -0.25) is 9.59 Å². The molecule has 0 saturated carbocycles. The molecule has 1 atom stereocenters. The van der Waals surface area contributed by atoms with E-state index in [1.54, 1.807) is 12.1 Å². The van der Waals surface area contributed by atoms with Crippen molar-refractivity contribution in [1.29, 1.82) is 0 Å². The lowest BCUT2D eigenvalue weighted by molar-refractivity contribution is 0.0895. The van der Waals surface area contributed by atoms with Crippen LogP contribution in [-0.4, -0.2) is 22.8 Å². The molecule has 0 spiro atoms. The molecule has 2 N–H and O–H groups in total. The highest BCUT2D eigenvalue weighted by atomic mass is 35.5. The first-order valence-electron chi connectivity index (χ1n) is 5.91. The number of rotatable bonds is 4. The van der Waals surface area contributed by atoms with Gasteiger partial charge in [-0.25, -0.2) is 0 Å². The van der Waals surface area contributed by atoms with Crippen LogP contribution in [0, 0.1) is 5.41 Å². The molecule has 0 radical (unpaired) electrons. The fraction of sp³-hybridized carbons (Fsp3) is 0.538. The van der Waals surface area contributed by atoms with Crippen LogP contribution in [0.2, 0.25) is 0 Å². The van der Waals surface area contributed by atoms with E-state index in [1.807, 2.05) is 20.8 Å². The van der Waals surface area contributed by atoms with Gasteiger partial charge in [-0.1, -0.05) is 26.8 Å². The first-order valence-corrected chi connectivity index (χ1v) is 6.44. The third-order valence-electron chi connectivity index (χ3n) is 2.76. The number of halogens is 1. The van der Waals surface area contributed by atoms with E-state index in [9.17, 15) is 9.59 Å². The van der Waals surface area contributed by atoms with E-state index in [-0.39, 0.29) is 28.6 Å². The molecular weight excluding hydrogens is 252 g/mol. The van der Waals surface area contributed by atoms with Crippen molar-refractivity contribution >= 4 is 17.5 Å². The number of nitrogens with one attached hydrogen (secondary N) is 2. The fourth-order valence-corrected chi connectivity index (χ4v) is 1.87. The molecule has 18 heavy (non-hydrogen) atoms. The number of alkyl halides is 1. The normalized spacial score (nSPS) is 13.1. The van der Waals surface area contributed by atoms with E-state index in [0.717, 1.165) is 0 Å². The van der Waals surface area contributed by atoms with Gasteiger partial charge in [0.1, 0.15) is 5.69 Å². The standard InChI is InChI=1S/C13H19ClN2O2/c1-13(2,3)10(7-8-14)16-12(18)9-5-4-6-11(17)15-9/h4-6,10H,7-8H2,1-3H3,(H,15,17)(H,16,18). The summed E-state index contributed by atoms with van der Waals surface area (Å²) in [5, 5.41) is 2.91. The number of pyridine rings is 1. The first-order chi connectivity index (χ1) is 8.34. The summed E-state index contributed by atoms with van der Waals surface area (Å²) >= 11 is 5.75. The van der Waals surface area contributed by atoms with E-state index < -0.39 is 0 Å². The maximum Gasteiger partial charge on any atom is 0.268 e. The number of H-pyrrole nitrogens is 1. The summed E-state index contributed by atoms with van der Waals surface area (Å²) in [7, 11) is 0. The van der Waals surface area contributed by atoms with Crippen molar-refractivity contribution < 1.29 is 4.79 Å². The Hall–Kier alpha value is -1.29. The predicted octanol–water partition coefficient (Wildman–Crippen LogP) is 2.15. The molecule has 5 heteroatoms. The largest absolute Gasteiger partial charge is 0.347 e. The molecule has 0 saturated heterocycles. The van der Waals surface area contributed by atoms with Gasteiger partial charge in [-0.15, -0.1) is 11.6 Å². The molecule has 1 heterocycles. The van der Waals surface area contributed by atoms with Crippen LogP contribution in [0.15, 0.2) is 23.0 Å². The lowest BCUT2D eigenvalue weighted by Crippen LogP contribution is -2.44. The van der Waals surface area contributed by atoms with Gasteiger partial charge in [0.15, 0.2) is 0 Å². The fourth-order valence-electron chi connectivity index (χ4n) is 1.65. The minimum Gasteiger partial charge on any atom is -0.347 e. The summed E-state index contributed by atoms with van der Waals surface area (Å²) in [6, 6.07) is 4.47. The van der Waals surface area contributed by atoms with Crippen LogP contribution in [0.5, 0.6) is 0 Å². The average molecular weight is 271 g/mol. The van der Waals surface area contributed by atoms with Gasteiger partial charge >= 0.3 is 0 Å². The summed E-state index contributed by atoms with van der Waals surface area (Å²) in [4.78, 5) is 25.7. The van der Waals surface area contributed by atoms with Crippen LogP contribution >= 0.6 is 11.6 Å². The topological polar surface area (TPSA) is 62.0 Å². The molecule has 1 rings (SSSR count). The second-order valence-electron chi connectivity index (χ2n) is 5.30. The summed E-state index contributed by atoms with van der Waals surface area (Å²) in [5.41, 5.74) is -0.0989. The molecule has 0 aliphatic rings. The van der Waals surface area contributed by atoms with Crippen LogP contribution in [0.4, 0.5) is 0 Å². The summed E-state index contributed by atoms with van der Waals surface area (Å²) in [6.45, 7) is 6.12. The molecule has 0 bridgehead atoms. The lowest BCUT2D eigenvalue weighted by atomic mass is 9.85. The minimum atomic E-state index is -0.285. The Balaban J connectivity index is 2.82. The molecule has 1 aromatic rings. The van der Waals surface area contributed by atoms with Gasteiger partial charge < -0.3 is 10.3 Å². The number of carbonyl (C=O) groups excluding carboxylic acids is 1. The Kier molecular flexibility index (Phi) is 4.96. The zero-order chi connectivity index (χ0) is 13.8. The predicted molar refractivity (Wildman–Crippen MR) is 73.1 cm³/mol. The van der Waals surface area contributed by atoms with E-state index >= 15 is 0 Å². The zero-order valence-electron chi connectivity index (χ0n) is 10.9. The van der Waals surface area contributed by atoms with Crippen LogP contribution in [-0.2, 0) is 0 Å². The molecule has 1 amide bonds. The number of hydrogen-bond donors (Lipinski definition) is 2. The van der Waals surface area contributed by atoms with Crippen molar-refractivity contribution in [1.82, 2.24) is 10.3 Å². The second-order valence-corrected chi connectivity index (χ2v) is 5.68. The van der Waals surface area contributed by atoms with Crippen molar-refractivity contribution in [3.05, 3.63) is 34.2 Å². The van der Waals surface area contributed by atoms with E-state index in [4.69, 9.17) is 11.6 Å². The van der Waals surface area contributed by atoms with Gasteiger partial charge in [0.2, 0.25) is 5.56 Å². The maximum absolute atomic E-state index is 12.0. The Bertz CT molecular complexity index is 463. The van der Waals surface area contributed by atoms with Crippen molar-refractivity contribution in [2.24, 2.45) is 5.41 Å². The van der Waals surface area contributed by atoms with Gasteiger partial charge in [-0.2, -0.15) is 0 Å². The van der Waals surface area contributed by atoms with Crippen molar-refractivity contribution in [2.75, 3.05) is 5.88 Å². The number of hydrogen-bond acceptors (Lipinski definition) is 2. The molecular formula is C13H19ClN2O2. The molecule has 0 aliphatic heterocycles. The highest BCUT2D eigenvalue weighted by Gasteiger charge is 2.26. The maximum atomic E-state index is 12.0. The van der Waals surface area contributed by atoms with E-state index in [1.165, 1.54) is 6.07 Å². The highest BCUT2D eigenvalue weighted by Crippen LogP contribution is 2.22. The molecule has 4 nitrogen and oxygen atoms in total. The Morgan fingerprint density at radius 3 is 2.61 bits per heavy atom. The number of amides is 1. The van der Waals surface area contributed by atoms with E-state index in [2.05, 4.69) is 10.3 Å². The number of aromatic nitrogens is 1. The number of aromatic amines is 1. The first kappa shape index (κ1) is 14.8. The van der Waals surface area contributed by atoms with Gasteiger partial charge in [0, 0.05) is 18.0 Å². The van der Waals surface area contributed by atoms with Crippen LogP contribution in [0.25, 0.3) is 0 Å². The van der Waals surface area contributed by atoms with Crippen molar-refractivity contribution in [2.45, 2.75) is 33.2 Å². The lowest BCUT2D eigenvalue weighted by Gasteiger charge is -2.31. The van der Waals surface area contributed by atoms with E-state index in [0.29, 0.717) is 12.3 Å². The van der Waals surface area contributed by atoms with Crippen LogP contribution in [0.3, 0.4) is 0 Å². The Morgan fingerprint density at radius 1 is 1.44 bits per heavy atom. The molecule has 0 aliphatic carbocycles. The third kappa shape index (κ3) is 4.18. The second kappa shape index (κ2) is 6.05. The molecule has 0 aromatic carbocycles. The van der Waals surface area contributed by atoms with Crippen molar-refractivity contribution in [3.63, 3.8) is 0 Å². The van der Waals surface area contributed by atoms with Gasteiger partial charge in [0.25, 0.3) is 5.91 Å². The average Bonchev–Trinajstić information content (AvgIpc) is 2.27. The zero-order valence-corrected chi connectivity index (χ0v) is 11.7.